The van der Waals surface area contributed by atoms with E-state index in [-0.39, 0.29) is 11.3 Å². The number of halogens is 3. The zero-order valence-corrected chi connectivity index (χ0v) is 13.0. The lowest BCUT2D eigenvalue weighted by atomic mass is 10.1. The van der Waals surface area contributed by atoms with Gasteiger partial charge in [-0.2, -0.15) is 13.2 Å². The number of amides is 1. The molecule has 1 N–H and O–H groups in total. The molecule has 1 amide bonds. The van der Waals surface area contributed by atoms with Crippen LogP contribution in [0.1, 0.15) is 15.9 Å². The van der Waals surface area contributed by atoms with E-state index in [1.165, 1.54) is 23.9 Å². The number of benzene rings is 1. The van der Waals surface area contributed by atoms with Gasteiger partial charge in [-0.15, -0.1) is 0 Å². The fourth-order valence-corrected chi connectivity index (χ4v) is 2.40. The van der Waals surface area contributed by atoms with Crippen LogP contribution < -0.4 is 10.9 Å². The third-order valence-electron chi connectivity index (χ3n) is 3.68. The number of hydrogen-bond donors (Lipinski definition) is 1. The SMILES string of the molecule is Cn1c(=O)c(C(=O)Nc2ccc(C(F)(F)F)cc2)cc2cccnc21. The zero-order chi connectivity index (χ0) is 18.2. The maximum Gasteiger partial charge on any atom is 0.416 e. The summed E-state index contributed by atoms with van der Waals surface area (Å²) in [7, 11) is 1.49. The van der Waals surface area contributed by atoms with Crippen LogP contribution in [0.2, 0.25) is 0 Å². The number of nitrogens with zero attached hydrogens (tertiary/aromatic N) is 2. The molecule has 128 valence electrons. The van der Waals surface area contributed by atoms with Crippen LogP contribution in [-0.4, -0.2) is 15.5 Å². The number of carbonyl (C=O) groups excluding carboxylic acids is 1. The van der Waals surface area contributed by atoms with Crippen molar-refractivity contribution in [1.82, 2.24) is 9.55 Å². The van der Waals surface area contributed by atoms with E-state index in [4.69, 9.17) is 0 Å². The Labute approximate surface area is 139 Å². The largest absolute Gasteiger partial charge is 0.416 e. The number of alkyl halides is 3. The molecule has 5 nitrogen and oxygen atoms in total. The van der Waals surface area contributed by atoms with Gasteiger partial charge >= 0.3 is 6.18 Å². The number of pyridine rings is 2. The number of nitrogens with one attached hydrogen (secondary N) is 1. The van der Waals surface area contributed by atoms with Crippen molar-refractivity contribution in [2.75, 3.05) is 5.32 Å². The van der Waals surface area contributed by atoms with Gasteiger partial charge < -0.3 is 5.32 Å². The highest BCUT2D eigenvalue weighted by Crippen LogP contribution is 2.29. The molecule has 0 aliphatic carbocycles. The normalized spacial score (nSPS) is 11.5. The van der Waals surface area contributed by atoms with E-state index in [1.54, 1.807) is 12.1 Å². The summed E-state index contributed by atoms with van der Waals surface area (Å²) in [5.74, 6) is -0.703. The molecular weight excluding hydrogens is 335 g/mol. The molecule has 0 saturated heterocycles. The Morgan fingerprint density at radius 3 is 2.48 bits per heavy atom. The summed E-state index contributed by atoms with van der Waals surface area (Å²) in [6, 6.07) is 8.77. The summed E-state index contributed by atoms with van der Waals surface area (Å²) >= 11 is 0. The van der Waals surface area contributed by atoms with Crippen molar-refractivity contribution in [2.45, 2.75) is 6.18 Å². The zero-order valence-electron chi connectivity index (χ0n) is 13.0. The van der Waals surface area contributed by atoms with Gasteiger partial charge in [-0.1, -0.05) is 0 Å². The molecule has 0 bridgehead atoms. The Kier molecular flexibility index (Phi) is 4.03. The van der Waals surface area contributed by atoms with Crippen molar-refractivity contribution in [1.29, 1.82) is 0 Å². The summed E-state index contributed by atoms with van der Waals surface area (Å²) in [6.45, 7) is 0. The molecule has 0 unspecified atom stereocenters. The van der Waals surface area contributed by atoms with Gasteiger partial charge in [0, 0.05) is 24.3 Å². The molecule has 8 heteroatoms. The molecule has 0 aliphatic rings. The number of aromatic nitrogens is 2. The van der Waals surface area contributed by atoms with Gasteiger partial charge in [0.1, 0.15) is 11.2 Å². The van der Waals surface area contributed by atoms with E-state index in [1.807, 2.05) is 0 Å². The van der Waals surface area contributed by atoms with Crippen molar-refractivity contribution >= 4 is 22.6 Å². The molecule has 3 aromatic rings. The smallest absolute Gasteiger partial charge is 0.322 e. The minimum absolute atomic E-state index is 0.122. The van der Waals surface area contributed by atoms with E-state index >= 15 is 0 Å². The van der Waals surface area contributed by atoms with Gasteiger partial charge in [0.2, 0.25) is 0 Å². The van der Waals surface area contributed by atoms with E-state index in [2.05, 4.69) is 10.3 Å². The molecule has 0 spiro atoms. The second-order valence-corrected chi connectivity index (χ2v) is 5.37. The van der Waals surface area contributed by atoms with Gasteiger partial charge in [0.05, 0.1) is 5.56 Å². The highest BCUT2D eigenvalue weighted by molar-refractivity contribution is 6.05. The Morgan fingerprint density at radius 1 is 1.16 bits per heavy atom. The minimum atomic E-state index is -4.45. The highest BCUT2D eigenvalue weighted by atomic mass is 19.4. The number of fused-ring (bicyclic) bond motifs is 1. The van der Waals surface area contributed by atoms with Gasteiger partial charge in [-0.25, -0.2) is 4.98 Å². The maximum atomic E-state index is 12.6. The van der Waals surface area contributed by atoms with Crippen LogP contribution in [0.5, 0.6) is 0 Å². The first-order chi connectivity index (χ1) is 11.8. The topological polar surface area (TPSA) is 64.0 Å². The molecule has 25 heavy (non-hydrogen) atoms. The molecular formula is C17H12F3N3O2. The van der Waals surface area contributed by atoms with Crippen LogP contribution >= 0.6 is 0 Å². The average molecular weight is 347 g/mol. The highest BCUT2D eigenvalue weighted by Gasteiger charge is 2.30. The van der Waals surface area contributed by atoms with Crippen LogP contribution in [0, 0.1) is 0 Å². The maximum absolute atomic E-state index is 12.6. The summed E-state index contributed by atoms with van der Waals surface area (Å²) in [5.41, 5.74) is -0.901. The monoisotopic (exact) mass is 347 g/mol. The molecule has 1 aromatic carbocycles. The first kappa shape index (κ1) is 16.7. The van der Waals surface area contributed by atoms with Gasteiger partial charge in [0.15, 0.2) is 0 Å². The van der Waals surface area contributed by atoms with Crippen molar-refractivity contribution in [3.63, 3.8) is 0 Å². The predicted molar refractivity (Wildman–Crippen MR) is 86.4 cm³/mol. The lowest BCUT2D eigenvalue weighted by Gasteiger charge is -2.10. The average Bonchev–Trinajstić information content (AvgIpc) is 2.57. The second-order valence-electron chi connectivity index (χ2n) is 5.37. The van der Waals surface area contributed by atoms with Crippen molar-refractivity contribution in [2.24, 2.45) is 7.05 Å². The molecule has 0 radical (unpaired) electrons. The third kappa shape index (κ3) is 3.23. The lowest BCUT2D eigenvalue weighted by molar-refractivity contribution is -0.137. The van der Waals surface area contributed by atoms with Crippen LogP contribution in [0.25, 0.3) is 11.0 Å². The predicted octanol–water partition coefficient (Wildman–Crippen LogP) is 3.20. The fourth-order valence-electron chi connectivity index (χ4n) is 2.40. The molecule has 3 rings (SSSR count). The Balaban J connectivity index is 1.93. The van der Waals surface area contributed by atoms with Crippen molar-refractivity contribution in [3.8, 4) is 0 Å². The summed E-state index contributed by atoms with van der Waals surface area (Å²) in [5, 5.41) is 3.03. The molecule has 0 fully saturated rings. The first-order valence-electron chi connectivity index (χ1n) is 7.21. The number of carbonyl (C=O) groups is 1. The standard InChI is InChI=1S/C17H12F3N3O2/c1-23-14-10(3-2-8-21-14)9-13(16(23)25)15(24)22-12-6-4-11(5-7-12)17(18,19)20/h2-9H,1H3,(H,22,24). The first-order valence-corrected chi connectivity index (χ1v) is 7.21. The van der Waals surface area contributed by atoms with E-state index < -0.39 is 23.2 Å². The van der Waals surface area contributed by atoms with Crippen LogP contribution in [0.3, 0.4) is 0 Å². The summed E-state index contributed by atoms with van der Waals surface area (Å²) in [4.78, 5) is 28.7. The quantitative estimate of drug-likeness (QED) is 0.774. The summed E-state index contributed by atoms with van der Waals surface area (Å²) in [6.07, 6.45) is -2.92. The molecule has 2 heterocycles. The number of rotatable bonds is 2. The lowest BCUT2D eigenvalue weighted by Crippen LogP contribution is -2.28. The van der Waals surface area contributed by atoms with E-state index in [9.17, 15) is 22.8 Å². The third-order valence-corrected chi connectivity index (χ3v) is 3.68. The molecule has 2 aromatic heterocycles. The molecule has 0 aliphatic heterocycles. The van der Waals surface area contributed by atoms with E-state index in [0.29, 0.717) is 11.0 Å². The fraction of sp³-hybridized carbons (Fsp3) is 0.118. The van der Waals surface area contributed by atoms with Crippen LogP contribution in [0.15, 0.2) is 53.5 Å². The number of anilines is 1. The molecule has 0 atom stereocenters. The Morgan fingerprint density at radius 2 is 1.84 bits per heavy atom. The van der Waals surface area contributed by atoms with Gasteiger partial charge in [0.25, 0.3) is 11.5 Å². The van der Waals surface area contributed by atoms with Gasteiger partial charge in [-0.3, -0.25) is 14.2 Å². The molecule has 0 saturated carbocycles. The number of hydrogen-bond acceptors (Lipinski definition) is 3. The van der Waals surface area contributed by atoms with Gasteiger partial charge in [-0.05, 0) is 42.5 Å². The number of aryl methyl sites for hydroxylation is 1. The van der Waals surface area contributed by atoms with Crippen LogP contribution in [0.4, 0.5) is 18.9 Å². The Bertz CT molecular complexity index is 1010. The van der Waals surface area contributed by atoms with Crippen molar-refractivity contribution in [3.05, 3.63) is 70.1 Å². The minimum Gasteiger partial charge on any atom is -0.322 e. The summed E-state index contributed by atoms with van der Waals surface area (Å²) < 4.78 is 38.9. The van der Waals surface area contributed by atoms with Crippen molar-refractivity contribution < 1.29 is 18.0 Å². The second kappa shape index (κ2) is 6.04. The van der Waals surface area contributed by atoms with E-state index in [0.717, 1.165) is 24.3 Å². The Hall–Kier alpha value is -3.16. The van der Waals surface area contributed by atoms with Crippen LogP contribution in [-0.2, 0) is 13.2 Å².